The lowest BCUT2D eigenvalue weighted by atomic mass is 9.83. The molecule has 15 nitrogen and oxygen atoms in total. The minimum Gasteiger partial charge on any atom is -0.497 e. The van der Waals surface area contributed by atoms with Gasteiger partial charge in [-0.15, -0.1) is 0 Å². The second-order valence-corrected chi connectivity index (χ2v) is 17.0. The lowest BCUT2D eigenvalue weighted by Crippen LogP contribution is -2.59. The van der Waals surface area contributed by atoms with Crippen LogP contribution in [0.2, 0.25) is 0 Å². The molecule has 290 valence electrons. The van der Waals surface area contributed by atoms with Crippen molar-refractivity contribution >= 4 is 44.9 Å². The van der Waals surface area contributed by atoms with Crippen LogP contribution in [-0.4, -0.2) is 91.2 Å². The van der Waals surface area contributed by atoms with Crippen LogP contribution in [0.1, 0.15) is 91.9 Å². The number of likely N-dealkylation sites (tertiary alicyclic amines) is 1. The molecule has 3 saturated carbocycles. The summed E-state index contributed by atoms with van der Waals surface area (Å²) in [7, 11) is -2.81. The number of pyridine rings is 1. The second-order valence-electron chi connectivity index (χ2n) is 15.7. The van der Waals surface area contributed by atoms with Crippen LogP contribution in [0.4, 0.5) is 4.79 Å². The Morgan fingerprint density at radius 1 is 1.04 bits per heavy atom. The Labute approximate surface area is 310 Å². The standard InChI is InChI=1S/C37H51N5O10S/c1-6-24-20-37(24,34(45)41-53(47,48)52-25-12-13-25)40-31(43)29-19-27(50-32-28-15-14-26(49-5)18-23(28)16-17-38-32)21-42(29)33(44)30(22-10-8-7-9-11-22)39-35(46)51-36(2,3)4/h14-18,22,24-25,27,29-30H,6-13,19-21H2,1-5H3,(H,39,46)(H,40,43)(H,41,45)/t24-,27?,29+,30+,37?/m1/s1. The number of ether oxygens (including phenoxy) is 3. The molecular formula is C37H51N5O10S. The molecule has 1 aromatic carbocycles. The summed E-state index contributed by atoms with van der Waals surface area (Å²) >= 11 is 0. The normalized spacial score (nSPS) is 25.3. The summed E-state index contributed by atoms with van der Waals surface area (Å²) in [6, 6.07) is 5.19. The zero-order valence-corrected chi connectivity index (χ0v) is 31.8. The molecule has 4 aliphatic rings. The molecule has 16 heteroatoms. The van der Waals surface area contributed by atoms with Crippen molar-refractivity contribution in [3.05, 3.63) is 30.5 Å². The molecule has 5 atom stereocenters. The van der Waals surface area contributed by atoms with Gasteiger partial charge in [-0.25, -0.2) is 14.5 Å². The van der Waals surface area contributed by atoms with Gasteiger partial charge in [0.25, 0.3) is 5.91 Å². The Kier molecular flexibility index (Phi) is 11.1. The van der Waals surface area contributed by atoms with Crippen molar-refractivity contribution in [1.82, 2.24) is 25.2 Å². The number of rotatable bonds is 13. The third-order valence-corrected chi connectivity index (χ3v) is 11.4. The zero-order chi connectivity index (χ0) is 38.1. The van der Waals surface area contributed by atoms with E-state index in [9.17, 15) is 27.6 Å². The number of hydrogen-bond donors (Lipinski definition) is 3. The number of fused-ring (bicyclic) bond motifs is 1. The van der Waals surface area contributed by atoms with Crippen molar-refractivity contribution in [3.8, 4) is 11.6 Å². The zero-order valence-electron chi connectivity index (χ0n) is 31.0. The number of alkyl carbamates (subject to hydrolysis) is 1. The fraction of sp³-hybridized carbons (Fsp3) is 0.649. The molecule has 2 heterocycles. The van der Waals surface area contributed by atoms with E-state index < -0.39 is 69.6 Å². The van der Waals surface area contributed by atoms with Crippen LogP contribution in [0.3, 0.4) is 0 Å². The predicted molar refractivity (Wildman–Crippen MR) is 193 cm³/mol. The van der Waals surface area contributed by atoms with Crippen LogP contribution in [0.5, 0.6) is 11.6 Å². The van der Waals surface area contributed by atoms with Crippen molar-refractivity contribution in [2.24, 2.45) is 11.8 Å². The Morgan fingerprint density at radius 3 is 2.42 bits per heavy atom. The number of amides is 4. The maximum Gasteiger partial charge on any atom is 0.408 e. The van der Waals surface area contributed by atoms with Gasteiger partial charge in [0.2, 0.25) is 17.7 Å². The lowest BCUT2D eigenvalue weighted by molar-refractivity contribution is -0.142. The van der Waals surface area contributed by atoms with E-state index in [2.05, 4.69) is 15.6 Å². The van der Waals surface area contributed by atoms with E-state index in [1.165, 1.54) is 4.90 Å². The Morgan fingerprint density at radius 2 is 1.77 bits per heavy atom. The minimum absolute atomic E-state index is 0.00955. The first-order valence-electron chi connectivity index (χ1n) is 18.6. The molecule has 0 bridgehead atoms. The molecule has 1 aliphatic heterocycles. The molecule has 4 amide bonds. The van der Waals surface area contributed by atoms with Crippen LogP contribution < -0.4 is 24.8 Å². The second kappa shape index (κ2) is 15.3. The quantitative estimate of drug-likeness (QED) is 0.269. The molecule has 2 aromatic rings. The van der Waals surface area contributed by atoms with Crippen molar-refractivity contribution in [2.75, 3.05) is 13.7 Å². The van der Waals surface area contributed by atoms with Crippen LogP contribution >= 0.6 is 0 Å². The van der Waals surface area contributed by atoms with E-state index in [0.29, 0.717) is 49.1 Å². The molecule has 4 fully saturated rings. The van der Waals surface area contributed by atoms with Crippen molar-refractivity contribution in [3.63, 3.8) is 0 Å². The molecule has 0 radical (unpaired) electrons. The number of hydrogen-bond acceptors (Lipinski definition) is 11. The molecular weight excluding hydrogens is 706 g/mol. The summed E-state index contributed by atoms with van der Waals surface area (Å²) < 4.78 is 49.6. The average molecular weight is 758 g/mol. The number of carbonyl (C=O) groups is 4. The highest BCUT2D eigenvalue weighted by Gasteiger charge is 2.62. The fourth-order valence-corrected chi connectivity index (χ4v) is 8.54. The lowest BCUT2D eigenvalue weighted by Gasteiger charge is -2.35. The van der Waals surface area contributed by atoms with Crippen LogP contribution in [-0.2, 0) is 33.6 Å². The van der Waals surface area contributed by atoms with Gasteiger partial charge in [-0.1, -0.05) is 32.6 Å². The van der Waals surface area contributed by atoms with Gasteiger partial charge in [0, 0.05) is 18.0 Å². The van der Waals surface area contributed by atoms with E-state index in [1.807, 2.05) is 29.8 Å². The van der Waals surface area contributed by atoms with Gasteiger partial charge in [-0.3, -0.25) is 18.6 Å². The topological polar surface area (TPSA) is 192 Å². The van der Waals surface area contributed by atoms with Gasteiger partial charge in [-0.2, -0.15) is 8.42 Å². The maximum atomic E-state index is 14.7. The summed E-state index contributed by atoms with van der Waals surface area (Å²) in [6.07, 6.45) is 5.84. The molecule has 6 rings (SSSR count). The molecule has 0 spiro atoms. The van der Waals surface area contributed by atoms with Crippen molar-refractivity contribution in [2.45, 2.75) is 127 Å². The highest BCUT2D eigenvalue weighted by Crippen LogP contribution is 2.47. The van der Waals surface area contributed by atoms with Crippen LogP contribution in [0, 0.1) is 11.8 Å². The van der Waals surface area contributed by atoms with E-state index >= 15 is 0 Å². The van der Waals surface area contributed by atoms with Crippen molar-refractivity contribution in [1.29, 1.82) is 0 Å². The molecule has 3 N–H and O–H groups in total. The van der Waals surface area contributed by atoms with E-state index in [-0.39, 0.29) is 31.2 Å². The minimum atomic E-state index is -4.39. The molecule has 53 heavy (non-hydrogen) atoms. The molecule has 1 aromatic heterocycles. The van der Waals surface area contributed by atoms with Gasteiger partial charge >= 0.3 is 16.4 Å². The van der Waals surface area contributed by atoms with Crippen LogP contribution in [0.25, 0.3) is 10.8 Å². The smallest absolute Gasteiger partial charge is 0.408 e. The fourth-order valence-electron chi connectivity index (χ4n) is 7.53. The largest absolute Gasteiger partial charge is 0.497 e. The van der Waals surface area contributed by atoms with Crippen LogP contribution in [0.15, 0.2) is 30.5 Å². The van der Waals surface area contributed by atoms with E-state index in [4.69, 9.17) is 18.4 Å². The van der Waals surface area contributed by atoms with Gasteiger partial charge in [-0.05, 0) is 94.4 Å². The van der Waals surface area contributed by atoms with Gasteiger partial charge in [0.05, 0.1) is 19.8 Å². The average Bonchev–Trinajstić information content (AvgIpc) is 4.02. The Hall–Kier alpha value is -4.18. The monoisotopic (exact) mass is 757 g/mol. The van der Waals surface area contributed by atoms with E-state index in [0.717, 1.165) is 24.6 Å². The highest BCUT2D eigenvalue weighted by molar-refractivity contribution is 7.85. The molecule has 3 aliphatic carbocycles. The predicted octanol–water partition coefficient (Wildman–Crippen LogP) is 3.89. The molecule has 1 saturated heterocycles. The molecule has 2 unspecified atom stereocenters. The summed E-state index contributed by atoms with van der Waals surface area (Å²) in [6.45, 7) is 7.05. The number of aromatic nitrogens is 1. The first kappa shape index (κ1) is 38.5. The Balaban J connectivity index is 1.28. The van der Waals surface area contributed by atoms with Gasteiger partial charge < -0.3 is 29.7 Å². The third kappa shape index (κ3) is 9.14. The Bertz CT molecular complexity index is 1820. The maximum absolute atomic E-state index is 14.7. The summed E-state index contributed by atoms with van der Waals surface area (Å²) in [5.74, 6) is -1.54. The SMILES string of the molecule is CC[C@@H]1CC1(NC(=O)[C@@H]1CC(Oc2nccc3cc(OC)ccc23)CN1C(=O)[C@@H](NC(=O)OC(C)(C)C)C1CCCCC1)C(=O)NS(=O)(=O)OC1CC1. The van der Waals surface area contributed by atoms with Crippen molar-refractivity contribution < 1.29 is 46.0 Å². The highest BCUT2D eigenvalue weighted by atomic mass is 32.2. The number of nitrogens with zero attached hydrogens (tertiary/aromatic N) is 2. The van der Waals surface area contributed by atoms with E-state index in [1.54, 1.807) is 40.1 Å². The van der Waals surface area contributed by atoms with Gasteiger partial charge in [0.15, 0.2) is 0 Å². The number of methoxy groups -OCH3 is 1. The number of nitrogens with one attached hydrogen (secondary N) is 3. The summed E-state index contributed by atoms with van der Waals surface area (Å²) in [4.78, 5) is 61.6. The summed E-state index contributed by atoms with van der Waals surface area (Å²) in [5, 5.41) is 7.20. The first-order valence-corrected chi connectivity index (χ1v) is 20.0. The number of benzene rings is 1. The summed E-state index contributed by atoms with van der Waals surface area (Å²) in [5.41, 5.74) is -2.31. The van der Waals surface area contributed by atoms with Gasteiger partial charge in [0.1, 0.15) is 35.1 Å². The first-order chi connectivity index (χ1) is 25.1. The third-order valence-electron chi connectivity index (χ3n) is 10.5. The number of carbonyl (C=O) groups excluding carboxylic acids is 4.